The van der Waals surface area contributed by atoms with Gasteiger partial charge in [-0.15, -0.1) is 10.2 Å². The van der Waals surface area contributed by atoms with Crippen molar-refractivity contribution in [2.24, 2.45) is 0 Å². The van der Waals surface area contributed by atoms with Gasteiger partial charge in [0.25, 0.3) is 0 Å². The van der Waals surface area contributed by atoms with Crippen LogP contribution in [0, 0.1) is 13.8 Å². The van der Waals surface area contributed by atoms with Crippen molar-refractivity contribution >= 4 is 58.2 Å². The van der Waals surface area contributed by atoms with Crippen molar-refractivity contribution in [3.63, 3.8) is 0 Å². The maximum absolute atomic E-state index is 12.4. The second kappa shape index (κ2) is 10.6. The summed E-state index contributed by atoms with van der Waals surface area (Å²) in [5.41, 5.74) is 2.78. The number of halogens is 3. The van der Waals surface area contributed by atoms with Gasteiger partial charge in [0.15, 0.2) is 11.0 Å². The molecule has 164 valence electrons. The van der Waals surface area contributed by atoms with Crippen LogP contribution < -0.4 is 10.1 Å². The molecular weight excluding hydrogens is 479 g/mol. The van der Waals surface area contributed by atoms with Gasteiger partial charge < -0.3 is 14.6 Å². The summed E-state index contributed by atoms with van der Waals surface area (Å²) >= 11 is 19.3. The standard InChI is InChI=1S/C21H21Cl3N4O2S/c1-4-28-19(10-30-14-6-5-12(2)13(3)7-14)26-27-21(28)31-11-20(29)25-18-9-16(23)15(22)8-17(18)24/h5-9H,4,10-11H2,1-3H3,(H,25,29). The molecule has 1 aromatic heterocycles. The number of aromatic nitrogens is 3. The van der Waals surface area contributed by atoms with Gasteiger partial charge in [0.2, 0.25) is 5.91 Å². The SMILES string of the molecule is CCn1c(COc2ccc(C)c(C)c2)nnc1SCC(=O)Nc1cc(Cl)c(Cl)cc1Cl. The molecule has 0 saturated carbocycles. The molecule has 0 bridgehead atoms. The van der Waals surface area contributed by atoms with E-state index in [2.05, 4.69) is 22.4 Å². The Balaban J connectivity index is 1.60. The van der Waals surface area contributed by atoms with Crippen molar-refractivity contribution in [2.45, 2.75) is 39.1 Å². The van der Waals surface area contributed by atoms with E-state index in [1.165, 1.54) is 35.0 Å². The number of carbonyl (C=O) groups is 1. The third kappa shape index (κ3) is 6.07. The van der Waals surface area contributed by atoms with Crippen molar-refractivity contribution in [1.29, 1.82) is 0 Å². The van der Waals surface area contributed by atoms with E-state index >= 15 is 0 Å². The summed E-state index contributed by atoms with van der Waals surface area (Å²) in [5.74, 6) is 1.35. The molecule has 0 spiro atoms. The highest BCUT2D eigenvalue weighted by atomic mass is 35.5. The van der Waals surface area contributed by atoms with E-state index in [9.17, 15) is 4.79 Å². The Morgan fingerprint density at radius 1 is 1.06 bits per heavy atom. The number of aryl methyl sites for hydroxylation is 2. The van der Waals surface area contributed by atoms with Gasteiger partial charge in [-0.2, -0.15) is 0 Å². The minimum absolute atomic E-state index is 0.132. The normalized spacial score (nSPS) is 10.9. The van der Waals surface area contributed by atoms with Crippen molar-refractivity contribution < 1.29 is 9.53 Å². The van der Waals surface area contributed by atoms with Crippen LogP contribution in [-0.2, 0) is 17.9 Å². The Labute approximate surface area is 200 Å². The Hall–Kier alpha value is -1.93. The van der Waals surface area contributed by atoms with E-state index in [4.69, 9.17) is 39.5 Å². The zero-order valence-corrected chi connectivity index (χ0v) is 20.3. The molecule has 3 aromatic rings. The molecule has 31 heavy (non-hydrogen) atoms. The molecule has 10 heteroatoms. The summed E-state index contributed by atoms with van der Waals surface area (Å²) < 4.78 is 7.79. The van der Waals surface area contributed by atoms with Gasteiger partial charge >= 0.3 is 0 Å². The van der Waals surface area contributed by atoms with Gasteiger partial charge in [-0.05, 0) is 56.2 Å². The predicted molar refractivity (Wildman–Crippen MR) is 127 cm³/mol. The molecule has 0 saturated heterocycles. The Bertz CT molecular complexity index is 1100. The highest BCUT2D eigenvalue weighted by Crippen LogP contribution is 2.32. The number of benzene rings is 2. The largest absolute Gasteiger partial charge is 0.486 e. The fourth-order valence-corrected chi connectivity index (χ4v) is 4.15. The molecule has 0 radical (unpaired) electrons. The number of carbonyl (C=O) groups excluding carboxylic acids is 1. The number of thioether (sulfide) groups is 1. The third-order valence-electron chi connectivity index (χ3n) is 4.57. The van der Waals surface area contributed by atoms with E-state index < -0.39 is 0 Å². The van der Waals surface area contributed by atoms with E-state index in [0.717, 1.165) is 5.75 Å². The molecule has 0 fully saturated rings. The predicted octanol–water partition coefficient (Wildman–Crippen LogP) is 6.18. The lowest BCUT2D eigenvalue weighted by atomic mass is 10.1. The van der Waals surface area contributed by atoms with Crippen LogP contribution in [0.25, 0.3) is 0 Å². The number of anilines is 1. The fourth-order valence-electron chi connectivity index (χ4n) is 2.74. The number of hydrogen-bond donors (Lipinski definition) is 1. The van der Waals surface area contributed by atoms with Crippen LogP contribution in [0.1, 0.15) is 23.9 Å². The first kappa shape index (κ1) is 23.7. The Morgan fingerprint density at radius 3 is 2.52 bits per heavy atom. The molecule has 3 rings (SSSR count). The van der Waals surface area contributed by atoms with E-state index in [-0.39, 0.29) is 18.3 Å². The van der Waals surface area contributed by atoms with Gasteiger partial charge in [-0.1, -0.05) is 52.6 Å². The molecule has 6 nitrogen and oxygen atoms in total. The van der Waals surface area contributed by atoms with Gasteiger partial charge in [-0.3, -0.25) is 4.79 Å². The van der Waals surface area contributed by atoms with Crippen molar-refractivity contribution in [1.82, 2.24) is 14.8 Å². The quantitative estimate of drug-likeness (QED) is 0.296. The van der Waals surface area contributed by atoms with Crippen LogP contribution in [0.5, 0.6) is 5.75 Å². The molecule has 0 atom stereocenters. The number of nitrogens with one attached hydrogen (secondary N) is 1. The van der Waals surface area contributed by atoms with Gasteiger partial charge in [0.1, 0.15) is 12.4 Å². The lowest BCUT2D eigenvalue weighted by molar-refractivity contribution is -0.113. The maximum atomic E-state index is 12.4. The molecule has 0 unspecified atom stereocenters. The Morgan fingerprint density at radius 2 is 1.81 bits per heavy atom. The molecule has 1 amide bonds. The molecule has 0 aliphatic rings. The van der Waals surface area contributed by atoms with Crippen molar-refractivity contribution in [3.05, 3.63) is 62.4 Å². The summed E-state index contributed by atoms with van der Waals surface area (Å²) in [6.07, 6.45) is 0. The molecule has 1 N–H and O–H groups in total. The van der Waals surface area contributed by atoms with Gasteiger partial charge in [-0.25, -0.2) is 0 Å². The smallest absolute Gasteiger partial charge is 0.234 e. The van der Waals surface area contributed by atoms with Gasteiger partial charge in [0.05, 0.1) is 26.5 Å². The van der Waals surface area contributed by atoms with Crippen molar-refractivity contribution in [2.75, 3.05) is 11.1 Å². The zero-order chi connectivity index (χ0) is 22.5. The highest BCUT2D eigenvalue weighted by molar-refractivity contribution is 7.99. The summed E-state index contributed by atoms with van der Waals surface area (Å²) in [4.78, 5) is 12.4. The molecule has 0 aliphatic heterocycles. The van der Waals surface area contributed by atoms with Crippen LogP contribution in [0.4, 0.5) is 5.69 Å². The first-order valence-electron chi connectivity index (χ1n) is 9.47. The molecule has 2 aromatic carbocycles. The van der Waals surface area contributed by atoms with E-state index in [0.29, 0.717) is 38.3 Å². The molecule has 0 aliphatic carbocycles. The average molecular weight is 500 g/mol. The molecule has 1 heterocycles. The second-order valence-electron chi connectivity index (χ2n) is 6.76. The van der Waals surface area contributed by atoms with Crippen LogP contribution >= 0.6 is 46.6 Å². The minimum atomic E-state index is -0.246. The Kier molecular flexibility index (Phi) is 8.11. The minimum Gasteiger partial charge on any atom is -0.486 e. The summed E-state index contributed by atoms with van der Waals surface area (Å²) in [6, 6.07) is 8.96. The first-order chi connectivity index (χ1) is 14.8. The number of nitrogens with zero attached hydrogens (tertiary/aromatic N) is 3. The lowest BCUT2D eigenvalue weighted by Crippen LogP contribution is -2.15. The molecular formula is C21H21Cl3N4O2S. The average Bonchev–Trinajstić information content (AvgIpc) is 3.13. The van der Waals surface area contributed by atoms with Crippen LogP contribution in [0.3, 0.4) is 0 Å². The number of rotatable bonds is 8. The zero-order valence-electron chi connectivity index (χ0n) is 17.2. The first-order valence-corrected chi connectivity index (χ1v) is 11.6. The van der Waals surface area contributed by atoms with E-state index in [1.54, 1.807) is 0 Å². The monoisotopic (exact) mass is 498 g/mol. The fraction of sp³-hybridized carbons (Fsp3) is 0.286. The third-order valence-corrected chi connectivity index (χ3v) is 6.57. The summed E-state index contributed by atoms with van der Waals surface area (Å²) in [7, 11) is 0. The number of hydrogen-bond acceptors (Lipinski definition) is 5. The van der Waals surface area contributed by atoms with Crippen molar-refractivity contribution in [3.8, 4) is 5.75 Å². The lowest BCUT2D eigenvalue weighted by Gasteiger charge is -2.10. The highest BCUT2D eigenvalue weighted by Gasteiger charge is 2.15. The maximum Gasteiger partial charge on any atom is 0.234 e. The van der Waals surface area contributed by atoms with Crippen LogP contribution in [-0.4, -0.2) is 26.4 Å². The number of ether oxygens (including phenoxy) is 1. The summed E-state index contributed by atoms with van der Waals surface area (Å²) in [5, 5.41) is 12.7. The van der Waals surface area contributed by atoms with E-state index in [1.807, 2.05) is 36.6 Å². The summed E-state index contributed by atoms with van der Waals surface area (Å²) in [6.45, 7) is 7.03. The van der Waals surface area contributed by atoms with Crippen LogP contribution in [0.15, 0.2) is 35.5 Å². The van der Waals surface area contributed by atoms with Gasteiger partial charge in [0, 0.05) is 6.54 Å². The van der Waals surface area contributed by atoms with Crippen LogP contribution in [0.2, 0.25) is 15.1 Å². The topological polar surface area (TPSA) is 69.0 Å². The number of amides is 1. The second-order valence-corrected chi connectivity index (χ2v) is 8.92.